The van der Waals surface area contributed by atoms with Gasteiger partial charge in [-0.2, -0.15) is 0 Å². The monoisotopic (exact) mass is 105 g/mol. The number of halogens is 1. The third-order valence-electron chi connectivity index (χ3n) is 0.343. The third kappa shape index (κ3) is 3.96. The van der Waals surface area contributed by atoms with Crippen LogP contribution in [0.2, 0.25) is 0 Å². The summed E-state index contributed by atoms with van der Waals surface area (Å²) in [6.07, 6.45) is 1.20. The number of nitrogens with one attached hydrogen (secondary N) is 1. The molecule has 36 valence electrons. The summed E-state index contributed by atoms with van der Waals surface area (Å²) in [5.41, 5.74) is 0. The lowest BCUT2D eigenvalue weighted by molar-refractivity contribution is 0.950. The summed E-state index contributed by atoms with van der Waals surface area (Å²) < 4.78 is 0. The molecule has 0 aromatic carbocycles. The molecule has 0 unspecified atom stereocenters. The van der Waals surface area contributed by atoms with Crippen molar-refractivity contribution in [1.29, 1.82) is 5.41 Å². The second-order valence-corrected chi connectivity index (χ2v) is 2.68. The Hall–Kier alpha value is -0.0400. The second kappa shape index (κ2) is 1.61. The molecule has 0 saturated carbocycles. The van der Waals surface area contributed by atoms with E-state index in [-0.39, 0.29) is 0 Å². The minimum absolute atomic E-state index is 0.444. The average Bonchev–Trinajstić information content (AvgIpc) is 1.35. The summed E-state index contributed by atoms with van der Waals surface area (Å²) in [5.74, 6) is 0. The van der Waals surface area contributed by atoms with Crippen LogP contribution >= 0.6 is 11.6 Å². The molecule has 0 bridgehead atoms. The van der Waals surface area contributed by atoms with Gasteiger partial charge >= 0.3 is 0 Å². The van der Waals surface area contributed by atoms with E-state index in [1.54, 1.807) is 13.8 Å². The predicted octanol–water partition coefficient (Wildman–Crippen LogP) is 1.65. The number of alkyl halides is 1. The first-order valence-electron chi connectivity index (χ1n) is 1.77. The maximum Gasteiger partial charge on any atom is 0.0733 e. The molecule has 1 N–H and O–H groups in total. The SMILES string of the molecule is CC(C)(Cl)C=N. The molecule has 0 aliphatic heterocycles. The van der Waals surface area contributed by atoms with Gasteiger partial charge in [0.1, 0.15) is 0 Å². The van der Waals surface area contributed by atoms with E-state index in [4.69, 9.17) is 17.0 Å². The Morgan fingerprint density at radius 3 is 1.83 bits per heavy atom. The fourth-order valence-electron chi connectivity index (χ4n) is 0. The van der Waals surface area contributed by atoms with Gasteiger partial charge in [0.15, 0.2) is 0 Å². The largest absolute Gasteiger partial charge is 0.311 e. The first kappa shape index (κ1) is 5.96. The van der Waals surface area contributed by atoms with Crippen LogP contribution in [0.25, 0.3) is 0 Å². The summed E-state index contributed by atoms with van der Waals surface area (Å²) in [6, 6.07) is 0. The van der Waals surface area contributed by atoms with E-state index in [0.29, 0.717) is 0 Å². The van der Waals surface area contributed by atoms with E-state index in [1.165, 1.54) is 6.21 Å². The van der Waals surface area contributed by atoms with Gasteiger partial charge in [-0.3, -0.25) is 0 Å². The molecule has 0 amide bonds. The fourth-order valence-corrected chi connectivity index (χ4v) is 0. The summed E-state index contributed by atoms with van der Waals surface area (Å²) in [5, 5.41) is 6.60. The summed E-state index contributed by atoms with van der Waals surface area (Å²) in [4.78, 5) is -0.444. The molecule has 0 aliphatic carbocycles. The zero-order valence-electron chi connectivity index (χ0n) is 3.96. The van der Waals surface area contributed by atoms with E-state index >= 15 is 0 Å². The standard InChI is InChI=1S/C4H8ClN/c1-4(2,5)3-6/h3,6H,1-2H3. The Balaban J connectivity index is 3.45. The van der Waals surface area contributed by atoms with Crippen LogP contribution in [0, 0.1) is 5.41 Å². The smallest absolute Gasteiger partial charge is 0.0733 e. The first-order valence-corrected chi connectivity index (χ1v) is 2.14. The first-order chi connectivity index (χ1) is 2.56. The minimum atomic E-state index is -0.444. The van der Waals surface area contributed by atoms with Gasteiger partial charge in [0.2, 0.25) is 0 Å². The Labute approximate surface area is 42.8 Å². The number of hydrogen-bond acceptors (Lipinski definition) is 1. The van der Waals surface area contributed by atoms with E-state index in [0.717, 1.165) is 0 Å². The van der Waals surface area contributed by atoms with Crippen LogP contribution < -0.4 is 0 Å². The molecule has 1 nitrogen and oxygen atoms in total. The molecule has 0 rings (SSSR count). The van der Waals surface area contributed by atoms with Crippen molar-refractivity contribution in [3.05, 3.63) is 0 Å². The quantitative estimate of drug-likeness (QED) is 0.387. The Bertz CT molecular complexity index is 53.1. The van der Waals surface area contributed by atoms with E-state index in [2.05, 4.69) is 0 Å². The molecule has 0 atom stereocenters. The highest BCUT2D eigenvalue weighted by molar-refractivity contribution is 6.31. The van der Waals surface area contributed by atoms with Crippen molar-refractivity contribution in [1.82, 2.24) is 0 Å². The van der Waals surface area contributed by atoms with Crippen LogP contribution in [0.3, 0.4) is 0 Å². The highest BCUT2D eigenvalue weighted by atomic mass is 35.5. The van der Waals surface area contributed by atoms with E-state index in [9.17, 15) is 0 Å². The summed E-state index contributed by atoms with van der Waals surface area (Å²) in [7, 11) is 0. The Kier molecular flexibility index (Phi) is 1.59. The molecule has 0 spiro atoms. The molecule has 6 heavy (non-hydrogen) atoms. The zero-order chi connectivity index (χ0) is 5.21. The lowest BCUT2D eigenvalue weighted by Gasteiger charge is -2.03. The fraction of sp³-hybridized carbons (Fsp3) is 0.750. The van der Waals surface area contributed by atoms with Crippen LogP contribution in [0.4, 0.5) is 0 Å². The van der Waals surface area contributed by atoms with Crippen molar-refractivity contribution in [3.63, 3.8) is 0 Å². The van der Waals surface area contributed by atoms with Crippen molar-refractivity contribution in [2.24, 2.45) is 0 Å². The van der Waals surface area contributed by atoms with Crippen molar-refractivity contribution in [2.75, 3.05) is 0 Å². The topological polar surface area (TPSA) is 23.9 Å². The highest BCUT2D eigenvalue weighted by Gasteiger charge is 2.05. The molecule has 0 saturated heterocycles. The summed E-state index contributed by atoms with van der Waals surface area (Å²) >= 11 is 5.47. The Morgan fingerprint density at radius 1 is 1.67 bits per heavy atom. The molecule has 0 radical (unpaired) electrons. The zero-order valence-corrected chi connectivity index (χ0v) is 4.71. The van der Waals surface area contributed by atoms with Crippen LogP contribution in [-0.2, 0) is 0 Å². The molecule has 0 aromatic heterocycles. The maximum atomic E-state index is 6.60. The predicted molar refractivity (Wildman–Crippen MR) is 28.7 cm³/mol. The van der Waals surface area contributed by atoms with Gasteiger partial charge in [-0.25, -0.2) is 0 Å². The minimum Gasteiger partial charge on any atom is -0.311 e. The van der Waals surface area contributed by atoms with Crippen LogP contribution in [-0.4, -0.2) is 11.1 Å². The molecular formula is C4H8ClN. The van der Waals surface area contributed by atoms with E-state index < -0.39 is 4.87 Å². The van der Waals surface area contributed by atoms with Gasteiger partial charge in [0.25, 0.3) is 0 Å². The Morgan fingerprint density at radius 2 is 1.83 bits per heavy atom. The van der Waals surface area contributed by atoms with Crippen LogP contribution in [0.5, 0.6) is 0 Å². The number of hydrogen-bond donors (Lipinski definition) is 1. The van der Waals surface area contributed by atoms with Gasteiger partial charge in [-0.1, -0.05) is 0 Å². The number of rotatable bonds is 1. The lowest BCUT2D eigenvalue weighted by Crippen LogP contribution is -2.09. The second-order valence-electron chi connectivity index (χ2n) is 1.71. The van der Waals surface area contributed by atoms with Crippen molar-refractivity contribution in [3.8, 4) is 0 Å². The van der Waals surface area contributed by atoms with Crippen molar-refractivity contribution < 1.29 is 0 Å². The molecule has 0 heterocycles. The molecular weight excluding hydrogens is 97.5 g/mol. The van der Waals surface area contributed by atoms with Gasteiger partial charge < -0.3 is 5.41 Å². The summed E-state index contributed by atoms with van der Waals surface area (Å²) in [6.45, 7) is 3.53. The van der Waals surface area contributed by atoms with Gasteiger partial charge in [0, 0.05) is 6.21 Å². The van der Waals surface area contributed by atoms with Crippen molar-refractivity contribution in [2.45, 2.75) is 18.7 Å². The highest BCUT2D eigenvalue weighted by Crippen LogP contribution is 2.06. The van der Waals surface area contributed by atoms with Crippen molar-refractivity contribution >= 4 is 17.8 Å². The van der Waals surface area contributed by atoms with Gasteiger partial charge in [-0.15, -0.1) is 11.6 Å². The maximum absolute atomic E-state index is 6.60. The van der Waals surface area contributed by atoms with Crippen LogP contribution in [0.1, 0.15) is 13.8 Å². The van der Waals surface area contributed by atoms with Crippen LogP contribution in [0.15, 0.2) is 0 Å². The molecule has 2 heteroatoms. The lowest BCUT2D eigenvalue weighted by atomic mass is 10.2. The molecule has 0 aliphatic rings. The normalized spacial score (nSPS) is 11.2. The third-order valence-corrected chi connectivity index (χ3v) is 0.452. The van der Waals surface area contributed by atoms with Gasteiger partial charge in [0.05, 0.1) is 4.87 Å². The van der Waals surface area contributed by atoms with Gasteiger partial charge in [-0.05, 0) is 13.8 Å². The molecule has 0 fully saturated rings. The molecule has 0 aromatic rings. The van der Waals surface area contributed by atoms with E-state index in [1.807, 2.05) is 0 Å². The average molecular weight is 106 g/mol.